The summed E-state index contributed by atoms with van der Waals surface area (Å²) in [5.41, 5.74) is 1.30. The molecular formula is C17H20N2O4S. The predicted octanol–water partition coefficient (Wildman–Crippen LogP) is 2.14. The molecule has 0 aromatic heterocycles. The Hall–Kier alpha value is -2.22. The van der Waals surface area contributed by atoms with Crippen LogP contribution in [-0.4, -0.2) is 44.9 Å². The van der Waals surface area contributed by atoms with Crippen LogP contribution in [0, 0.1) is 0 Å². The number of hydroxylamine groups is 1. The zero-order valence-corrected chi connectivity index (χ0v) is 14.7. The second kappa shape index (κ2) is 7.57. The van der Waals surface area contributed by atoms with Gasteiger partial charge >= 0.3 is 0 Å². The lowest BCUT2D eigenvalue weighted by Gasteiger charge is -2.18. The first kappa shape index (κ1) is 18.1. The fraction of sp³-hybridized carbons (Fsp3) is 0.235. The van der Waals surface area contributed by atoms with E-state index in [1.54, 1.807) is 24.1 Å². The zero-order chi connectivity index (χ0) is 17.7. The van der Waals surface area contributed by atoms with Crippen molar-refractivity contribution < 1.29 is 18.0 Å². The molecule has 1 amide bonds. The van der Waals surface area contributed by atoms with Crippen molar-refractivity contribution in [3.05, 3.63) is 65.7 Å². The lowest BCUT2D eigenvalue weighted by molar-refractivity contribution is -0.0258. The van der Waals surface area contributed by atoms with E-state index < -0.39 is 10.0 Å². The summed E-state index contributed by atoms with van der Waals surface area (Å²) in [6.07, 6.45) is 0. The van der Waals surface area contributed by atoms with Gasteiger partial charge in [-0.2, -0.15) is 0 Å². The van der Waals surface area contributed by atoms with Crippen LogP contribution in [-0.2, 0) is 21.4 Å². The molecule has 0 spiro atoms. The third-order valence-corrected chi connectivity index (χ3v) is 5.26. The minimum absolute atomic E-state index is 0.00538. The molecule has 0 unspecified atom stereocenters. The molecular weight excluding hydrogens is 328 g/mol. The molecule has 0 aliphatic rings. The van der Waals surface area contributed by atoms with Crippen molar-refractivity contribution in [3.63, 3.8) is 0 Å². The first-order chi connectivity index (χ1) is 11.4. The van der Waals surface area contributed by atoms with Gasteiger partial charge in [-0.25, -0.2) is 8.42 Å². The second-order valence-electron chi connectivity index (χ2n) is 5.27. The third-order valence-electron chi connectivity index (χ3n) is 3.58. The zero-order valence-electron chi connectivity index (χ0n) is 13.8. The van der Waals surface area contributed by atoms with Gasteiger partial charge in [-0.15, -0.1) is 0 Å². The van der Waals surface area contributed by atoms with Crippen molar-refractivity contribution in [2.45, 2.75) is 11.4 Å². The van der Waals surface area contributed by atoms with Crippen LogP contribution >= 0.6 is 0 Å². The van der Waals surface area contributed by atoms with E-state index in [2.05, 4.69) is 0 Å². The van der Waals surface area contributed by atoms with E-state index in [1.807, 2.05) is 30.3 Å². The van der Waals surface area contributed by atoms with Gasteiger partial charge in [-0.1, -0.05) is 40.9 Å². The monoisotopic (exact) mass is 348 g/mol. The summed E-state index contributed by atoms with van der Waals surface area (Å²) in [5.74, 6) is -0.254. The molecule has 7 heteroatoms. The minimum atomic E-state index is -3.79. The molecule has 128 valence electrons. The third kappa shape index (κ3) is 4.00. The van der Waals surface area contributed by atoms with Gasteiger partial charge in [0.15, 0.2) is 0 Å². The molecule has 0 radical (unpaired) electrons. The maximum atomic E-state index is 12.6. The summed E-state index contributed by atoms with van der Waals surface area (Å²) in [7, 11) is 0.450. The topological polar surface area (TPSA) is 66.9 Å². The Morgan fingerprint density at radius 2 is 1.71 bits per heavy atom. The number of hydrogen-bond donors (Lipinski definition) is 0. The van der Waals surface area contributed by atoms with E-state index in [0.717, 1.165) is 10.0 Å². The maximum Gasteiger partial charge on any atom is 0.264 e. The molecule has 0 atom stereocenters. The van der Waals surface area contributed by atoms with Crippen LogP contribution in [0.1, 0.15) is 15.9 Å². The van der Waals surface area contributed by atoms with Gasteiger partial charge in [0.1, 0.15) is 0 Å². The lowest BCUT2D eigenvalue weighted by atomic mass is 10.1. The maximum absolute atomic E-state index is 12.6. The molecule has 0 aliphatic heterocycles. The molecule has 0 heterocycles. The summed E-state index contributed by atoms with van der Waals surface area (Å²) in [6.45, 7) is 0.439. The van der Waals surface area contributed by atoms with Gasteiger partial charge in [0, 0.05) is 26.2 Å². The Morgan fingerprint density at radius 3 is 2.33 bits per heavy atom. The number of carbonyl (C=O) groups excluding carboxylic acids is 1. The van der Waals surface area contributed by atoms with Gasteiger partial charge in [-0.3, -0.25) is 9.63 Å². The number of benzene rings is 2. The average Bonchev–Trinajstić information content (AvgIpc) is 2.61. The first-order valence-electron chi connectivity index (χ1n) is 7.28. The summed E-state index contributed by atoms with van der Waals surface area (Å²) in [4.78, 5) is 18.8. The largest absolute Gasteiger partial charge is 0.337 e. The Balaban J connectivity index is 2.23. The van der Waals surface area contributed by atoms with E-state index in [9.17, 15) is 13.2 Å². The van der Waals surface area contributed by atoms with Crippen LogP contribution in [0.3, 0.4) is 0 Å². The van der Waals surface area contributed by atoms with E-state index in [1.165, 1.54) is 26.3 Å². The van der Waals surface area contributed by atoms with Crippen LogP contribution in [0.25, 0.3) is 0 Å². The summed E-state index contributed by atoms with van der Waals surface area (Å²) < 4.78 is 25.3. The molecule has 24 heavy (non-hydrogen) atoms. The first-order valence-corrected chi connectivity index (χ1v) is 8.72. The van der Waals surface area contributed by atoms with Gasteiger partial charge in [0.2, 0.25) is 0 Å². The molecule has 2 aromatic rings. The van der Waals surface area contributed by atoms with Gasteiger partial charge in [0.05, 0.1) is 12.0 Å². The van der Waals surface area contributed by atoms with E-state index >= 15 is 0 Å². The van der Waals surface area contributed by atoms with Gasteiger partial charge in [0.25, 0.3) is 15.9 Å². The minimum Gasteiger partial charge on any atom is -0.337 e. The number of amides is 1. The smallest absolute Gasteiger partial charge is 0.264 e. The number of rotatable bonds is 6. The fourth-order valence-electron chi connectivity index (χ4n) is 2.19. The molecule has 2 rings (SSSR count). The molecule has 0 aliphatic carbocycles. The SMILES string of the molecule is CON(C)S(=O)(=O)c1cccc(C(=O)N(C)Cc2ccccc2)c1. The summed E-state index contributed by atoms with van der Waals surface area (Å²) >= 11 is 0. The quantitative estimate of drug-likeness (QED) is 0.750. The molecule has 0 N–H and O–H groups in total. The highest BCUT2D eigenvalue weighted by atomic mass is 32.2. The Kier molecular flexibility index (Phi) is 5.71. The van der Waals surface area contributed by atoms with Crippen molar-refractivity contribution in [2.75, 3.05) is 21.2 Å². The normalized spacial score (nSPS) is 11.5. The second-order valence-corrected chi connectivity index (χ2v) is 7.21. The van der Waals surface area contributed by atoms with Crippen LogP contribution in [0.4, 0.5) is 0 Å². The van der Waals surface area contributed by atoms with E-state index in [4.69, 9.17) is 4.84 Å². The van der Waals surface area contributed by atoms with E-state index in [-0.39, 0.29) is 10.8 Å². The van der Waals surface area contributed by atoms with Crippen molar-refractivity contribution in [3.8, 4) is 0 Å². The van der Waals surface area contributed by atoms with Gasteiger partial charge < -0.3 is 4.90 Å². The summed E-state index contributed by atoms with van der Waals surface area (Å²) in [6, 6.07) is 15.5. The fourth-order valence-corrected chi connectivity index (χ4v) is 3.21. The number of sulfonamides is 1. The number of carbonyl (C=O) groups is 1. The van der Waals surface area contributed by atoms with Crippen molar-refractivity contribution >= 4 is 15.9 Å². The van der Waals surface area contributed by atoms with Crippen molar-refractivity contribution in [1.29, 1.82) is 0 Å². The average molecular weight is 348 g/mol. The highest BCUT2D eigenvalue weighted by Gasteiger charge is 2.22. The molecule has 0 saturated carbocycles. The highest BCUT2D eigenvalue weighted by molar-refractivity contribution is 7.89. The Bertz CT molecular complexity index is 806. The number of nitrogens with zero attached hydrogens (tertiary/aromatic N) is 2. The van der Waals surface area contributed by atoms with Crippen molar-refractivity contribution in [2.24, 2.45) is 0 Å². The van der Waals surface area contributed by atoms with Crippen LogP contribution in [0.2, 0.25) is 0 Å². The predicted molar refractivity (Wildman–Crippen MR) is 90.6 cm³/mol. The lowest BCUT2D eigenvalue weighted by Crippen LogP contribution is -2.28. The van der Waals surface area contributed by atoms with Crippen molar-refractivity contribution in [1.82, 2.24) is 9.37 Å². The van der Waals surface area contributed by atoms with Crippen LogP contribution in [0.15, 0.2) is 59.5 Å². The van der Waals surface area contributed by atoms with E-state index in [0.29, 0.717) is 12.1 Å². The highest BCUT2D eigenvalue weighted by Crippen LogP contribution is 2.17. The Morgan fingerprint density at radius 1 is 1.04 bits per heavy atom. The molecule has 2 aromatic carbocycles. The van der Waals surface area contributed by atoms with Gasteiger partial charge in [-0.05, 0) is 23.8 Å². The van der Waals surface area contributed by atoms with Crippen LogP contribution < -0.4 is 0 Å². The summed E-state index contributed by atoms with van der Waals surface area (Å²) in [5, 5.41) is 0. The molecule has 6 nitrogen and oxygen atoms in total. The molecule has 0 bridgehead atoms. The number of hydrogen-bond acceptors (Lipinski definition) is 4. The van der Waals surface area contributed by atoms with Crippen LogP contribution in [0.5, 0.6) is 0 Å². The molecule has 0 saturated heterocycles. The molecule has 0 fully saturated rings. The Labute approximate surface area is 142 Å². The standard InChI is InChI=1S/C17H20N2O4S/c1-18(13-14-8-5-4-6-9-14)17(20)15-10-7-11-16(12-15)24(21,22)19(2)23-3/h4-12H,13H2,1-3H3.